The van der Waals surface area contributed by atoms with Crippen molar-refractivity contribution in [3.05, 3.63) is 83.2 Å². The summed E-state index contributed by atoms with van der Waals surface area (Å²) in [7, 11) is 1.66. The molecule has 1 saturated heterocycles. The van der Waals surface area contributed by atoms with E-state index in [-0.39, 0.29) is 28.9 Å². The predicted molar refractivity (Wildman–Crippen MR) is 141 cm³/mol. The van der Waals surface area contributed by atoms with Gasteiger partial charge in [0.05, 0.1) is 23.1 Å². The topological polar surface area (TPSA) is 131 Å². The number of carbonyl (C=O) groups excluding carboxylic acids is 1. The van der Waals surface area contributed by atoms with Gasteiger partial charge < -0.3 is 20.7 Å². The third-order valence-electron chi connectivity index (χ3n) is 7.23. The van der Waals surface area contributed by atoms with Gasteiger partial charge in [0, 0.05) is 49.4 Å². The molecule has 5 rings (SSSR count). The minimum Gasteiger partial charge on any atom is -0.478 e. The Bertz CT molecular complexity index is 1410. The maximum Gasteiger partial charge on any atom is 0.339 e. The van der Waals surface area contributed by atoms with E-state index < -0.39 is 11.8 Å². The Balaban J connectivity index is 1.50. The van der Waals surface area contributed by atoms with Crippen molar-refractivity contribution in [1.82, 2.24) is 19.7 Å². The first-order valence-electron chi connectivity index (χ1n) is 12.7. The lowest BCUT2D eigenvalue weighted by atomic mass is 10.00. The maximum atomic E-state index is 15.7. The molecule has 2 atom stereocenters. The number of likely N-dealkylation sites (tertiary alicyclic amines) is 1. The number of hydrogen-bond donors (Lipinski definition) is 3. The van der Waals surface area contributed by atoms with Gasteiger partial charge in [0.2, 0.25) is 0 Å². The van der Waals surface area contributed by atoms with Crippen LogP contribution in [0.4, 0.5) is 4.39 Å². The number of carbonyl (C=O) groups is 2. The lowest BCUT2D eigenvalue weighted by molar-refractivity contribution is 0.0692. The molecule has 0 bridgehead atoms. The number of amides is 1. The van der Waals surface area contributed by atoms with Crippen molar-refractivity contribution < 1.29 is 19.1 Å². The van der Waals surface area contributed by atoms with Crippen LogP contribution in [-0.2, 0) is 0 Å². The Labute approximate surface area is 220 Å². The van der Waals surface area contributed by atoms with E-state index in [0.717, 1.165) is 19.3 Å². The summed E-state index contributed by atoms with van der Waals surface area (Å²) in [5.41, 5.74) is 8.87. The molecule has 2 aromatic carbocycles. The minimum absolute atomic E-state index is 0.0516. The minimum atomic E-state index is -1.08. The summed E-state index contributed by atoms with van der Waals surface area (Å²) in [6.45, 7) is 1.27. The molecular formula is C28H31FN6O3. The molecule has 198 valence electrons. The van der Waals surface area contributed by atoms with Crippen LogP contribution in [0, 0.1) is 11.7 Å². The molecule has 2 fully saturated rings. The van der Waals surface area contributed by atoms with Crippen LogP contribution in [0.25, 0.3) is 16.8 Å². The molecular weight excluding hydrogens is 487 g/mol. The number of benzene rings is 2. The second-order valence-corrected chi connectivity index (χ2v) is 9.97. The fourth-order valence-corrected chi connectivity index (χ4v) is 5.27. The number of nitrogens with zero attached hydrogens (tertiary/aromatic N) is 4. The summed E-state index contributed by atoms with van der Waals surface area (Å²) in [6.07, 6.45) is 6.53. The van der Waals surface area contributed by atoms with E-state index >= 15 is 4.39 Å². The lowest BCUT2D eigenvalue weighted by Gasteiger charge is -2.27. The maximum absolute atomic E-state index is 15.7. The van der Waals surface area contributed by atoms with E-state index in [4.69, 9.17) is 11.6 Å². The number of aromatic carboxylic acids is 1. The normalized spacial score (nSPS) is 19.3. The molecule has 3 aromatic rings. The summed E-state index contributed by atoms with van der Waals surface area (Å²) >= 11 is 0. The second-order valence-electron chi connectivity index (χ2n) is 9.97. The number of rotatable bonds is 7. The molecule has 0 radical (unpaired) electrons. The van der Waals surface area contributed by atoms with E-state index in [1.807, 2.05) is 0 Å². The molecule has 2 aliphatic rings. The van der Waals surface area contributed by atoms with Gasteiger partial charge in [0.1, 0.15) is 11.4 Å². The van der Waals surface area contributed by atoms with Gasteiger partial charge in [-0.2, -0.15) is 5.10 Å². The number of nitrogens with two attached hydrogens (primary N) is 2. The highest BCUT2D eigenvalue weighted by atomic mass is 19.1. The number of allylic oxidation sites excluding steroid dienone is 1. The van der Waals surface area contributed by atoms with E-state index in [9.17, 15) is 14.7 Å². The van der Waals surface area contributed by atoms with Crippen LogP contribution in [0.1, 0.15) is 58.0 Å². The summed E-state index contributed by atoms with van der Waals surface area (Å²) in [6, 6.07) is 11.9. The van der Waals surface area contributed by atoms with Crippen molar-refractivity contribution in [3.63, 3.8) is 0 Å². The number of hydrazine groups is 1. The quantitative estimate of drug-likeness (QED) is 0.321. The number of aromatic nitrogens is 2. The van der Waals surface area contributed by atoms with Crippen molar-refractivity contribution in [3.8, 4) is 16.8 Å². The summed E-state index contributed by atoms with van der Waals surface area (Å²) in [4.78, 5) is 26.7. The standard InChI is InChI=1S/C28H31FN6O3/c1-33(31)16-24(30)21-14-22(21)26-23(28(37)38)15-32-35(26)18-8-5-7-17(13-18)19-9-6-10-20(25(19)29)27(36)34-11-3-2-4-12-34/h5-10,13,15-16,21-22H,2-4,11-12,14,30-31H2,1H3,(H,37,38)/b24-16-/t21-,22?/m0/s1. The molecule has 10 heteroatoms. The average molecular weight is 519 g/mol. The first-order valence-corrected chi connectivity index (χ1v) is 12.7. The van der Waals surface area contributed by atoms with E-state index in [0.29, 0.717) is 47.7 Å². The summed E-state index contributed by atoms with van der Waals surface area (Å²) in [5, 5.41) is 15.6. The van der Waals surface area contributed by atoms with Crippen molar-refractivity contribution >= 4 is 11.9 Å². The Morgan fingerprint density at radius 1 is 1.13 bits per heavy atom. The van der Waals surface area contributed by atoms with Crippen LogP contribution < -0.4 is 11.6 Å². The van der Waals surface area contributed by atoms with Gasteiger partial charge in [-0.1, -0.05) is 24.3 Å². The summed E-state index contributed by atoms with van der Waals surface area (Å²) in [5.74, 6) is 3.53. The highest BCUT2D eigenvalue weighted by molar-refractivity contribution is 5.96. The van der Waals surface area contributed by atoms with E-state index in [2.05, 4.69) is 5.10 Å². The zero-order valence-electron chi connectivity index (χ0n) is 21.2. The Morgan fingerprint density at radius 2 is 1.87 bits per heavy atom. The number of hydrogen-bond acceptors (Lipinski definition) is 6. The van der Waals surface area contributed by atoms with Gasteiger partial charge in [-0.05, 0) is 49.4 Å². The van der Waals surface area contributed by atoms with Gasteiger partial charge in [-0.3, -0.25) is 4.79 Å². The zero-order valence-corrected chi connectivity index (χ0v) is 21.2. The SMILES string of the molecule is CN(N)/C=C(\N)[C@H]1CC1c1c(C(=O)O)cnn1-c1cccc(-c2cccc(C(=O)N3CCCCC3)c2F)c1. The fourth-order valence-electron chi connectivity index (χ4n) is 5.27. The molecule has 2 heterocycles. The van der Waals surface area contributed by atoms with Gasteiger partial charge in [0.15, 0.2) is 0 Å². The monoisotopic (exact) mass is 518 g/mol. The first kappa shape index (κ1) is 25.5. The molecule has 1 aliphatic heterocycles. The molecule has 1 amide bonds. The van der Waals surface area contributed by atoms with Crippen LogP contribution in [0.2, 0.25) is 0 Å². The third-order valence-corrected chi connectivity index (χ3v) is 7.23. The van der Waals surface area contributed by atoms with E-state index in [1.165, 1.54) is 17.3 Å². The number of halogens is 1. The molecule has 9 nitrogen and oxygen atoms in total. The largest absolute Gasteiger partial charge is 0.478 e. The number of piperidine rings is 1. The van der Waals surface area contributed by atoms with Crippen molar-refractivity contribution in [2.45, 2.75) is 31.6 Å². The summed E-state index contributed by atoms with van der Waals surface area (Å²) < 4.78 is 17.3. The first-order chi connectivity index (χ1) is 18.3. The van der Waals surface area contributed by atoms with Gasteiger partial charge in [-0.25, -0.2) is 19.7 Å². The van der Waals surface area contributed by atoms with Gasteiger partial charge in [-0.15, -0.1) is 0 Å². The Kier molecular flexibility index (Phi) is 6.90. The van der Waals surface area contributed by atoms with Crippen LogP contribution >= 0.6 is 0 Å². The van der Waals surface area contributed by atoms with Crippen molar-refractivity contribution in [2.24, 2.45) is 17.5 Å². The van der Waals surface area contributed by atoms with Gasteiger partial charge >= 0.3 is 5.97 Å². The smallest absolute Gasteiger partial charge is 0.339 e. The molecule has 1 saturated carbocycles. The molecule has 1 aliphatic carbocycles. The lowest BCUT2D eigenvalue weighted by Crippen LogP contribution is -2.36. The molecule has 5 N–H and O–H groups in total. The highest BCUT2D eigenvalue weighted by Gasteiger charge is 2.45. The van der Waals surface area contributed by atoms with Crippen LogP contribution in [-0.4, -0.2) is 56.8 Å². The Hall–Kier alpha value is -4.18. The third kappa shape index (κ3) is 4.87. The van der Waals surface area contributed by atoms with Crippen LogP contribution in [0.15, 0.2) is 60.6 Å². The predicted octanol–water partition coefficient (Wildman–Crippen LogP) is 3.71. The van der Waals surface area contributed by atoms with Crippen LogP contribution in [0.3, 0.4) is 0 Å². The highest BCUT2D eigenvalue weighted by Crippen LogP contribution is 2.51. The number of carboxylic acids is 1. The van der Waals surface area contributed by atoms with E-state index in [1.54, 1.807) is 59.2 Å². The van der Waals surface area contributed by atoms with Crippen LogP contribution in [0.5, 0.6) is 0 Å². The zero-order chi connectivity index (χ0) is 27.0. The Morgan fingerprint density at radius 3 is 2.58 bits per heavy atom. The molecule has 1 unspecified atom stereocenters. The average Bonchev–Trinajstić information content (AvgIpc) is 3.58. The molecule has 0 spiro atoms. The molecule has 38 heavy (non-hydrogen) atoms. The van der Waals surface area contributed by atoms with Crippen molar-refractivity contribution in [1.29, 1.82) is 0 Å². The van der Waals surface area contributed by atoms with Gasteiger partial charge in [0.25, 0.3) is 5.91 Å². The molecule has 1 aromatic heterocycles. The number of carboxylic acid groups (broad SMARTS) is 1. The fraction of sp³-hybridized carbons (Fsp3) is 0.321. The van der Waals surface area contributed by atoms with Crippen molar-refractivity contribution in [2.75, 3.05) is 20.1 Å². The second kappa shape index (κ2) is 10.3.